The maximum absolute atomic E-state index is 5.90. The Balaban J connectivity index is 1.46. The Labute approximate surface area is 158 Å². The summed E-state index contributed by atoms with van der Waals surface area (Å²) in [6, 6.07) is 7.89. The molecule has 3 rings (SSSR count). The predicted octanol–water partition coefficient (Wildman–Crippen LogP) is 4.31. The molecule has 0 N–H and O–H groups in total. The van der Waals surface area contributed by atoms with Crippen molar-refractivity contribution in [2.45, 2.75) is 39.2 Å². The lowest BCUT2D eigenvalue weighted by molar-refractivity contribution is 0.239. The van der Waals surface area contributed by atoms with Gasteiger partial charge in [-0.15, -0.1) is 10.2 Å². The first-order valence-corrected chi connectivity index (χ1v) is 11.4. The van der Waals surface area contributed by atoms with Gasteiger partial charge in [-0.05, 0) is 67.5 Å². The first-order valence-electron chi connectivity index (χ1n) is 8.16. The van der Waals surface area contributed by atoms with Crippen LogP contribution in [0.1, 0.15) is 32.6 Å². The molecule has 0 aliphatic heterocycles. The second-order valence-corrected chi connectivity index (χ2v) is 7.50. The highest BCUT2D eigenvalue weighted by Crippen LogP contribution is 2.51. The highest BCUT2D eigenvalue weighted by atomic mass is 127. The van der Waals surface area contributed by atoms with Gasteiger partial charge in [-0.25, -0.2) is 0 Å². The van der Waals surface area contributed by atoms with Gasteiger partial charge >= 0.3 is 0 Å². The number of hydrogen-bond acceptors (Lipinski definition) is 6. The SMILES string of the molecule is CCn1nnc(-c2ccc(OCCC3(CCOSI)CC3)cc2)n1. The maximum atomic E-state index is 5.90. The molecule has 24 heavy (non-hydrogen) atoms. The van der Waals surface area contributed by atoms with E-state index in [1.165, 1.54) is 22.1 Å². The quantitative estimate of drug-likeness (QED) is 0.299. The Hall–Kier alpha value is -0.870. The summed E-state index contributed by atoms with van der Waals surface area (Å²) in [5.41, 5.74) is 1.41. The van der Waals surface area contributed by atoms with Crippen LogP contribution in [0.4, 0.5) is 0 Å². The van der Waals surface area contributed by atoms with Gasteiger partial charge in [-0.3, -0.25) is 0 Å². The number of aromatic nitrogens is 4. The number of hydrogen-bond donors (Lipinski definition) is 0. The third kappa shape index (κ3) is 4.82. The third-order valence-corrected chi connectivity index (χ3v) is 5.49. The molecule has 0 unspecified atom stereocenters. The standard InChI is InChI=1S/C16H21IN4O2S/c1-2-21-19-15(18-20-21)13-3-5-14(6-4-13)22-11-9-16(7-8-16)10-12-23-24-17/h3-6H,2,7-12H2,1H3. The van der Waals surface area contributed by atoms with E-state index in [9.17, 15) is 0 Å². The number of ether oxygens (including phenoxy) is 1. The predicted molar refractivity (Wildman–Crippen MR) is 103 cm³/mol. The Morgan fingerprint density at radius 3 is 2.58 bits per heavy atom. The number of nitrogens with zero attached hydrogens (tertiary/aromatic N) is 4. The molecule has 130 valence electrons. The van der Waals surface area contributed by atoms with Crippen LogP contribution in [0.2, 0.25) is 0 Å². The zero-order valence-electron chi connectivity index (χ0n) is 13.7. The highest BCUT2D eigenvalue weighted by Gasteiger charge is 2.41. The zero-order chi connectivity index (χ0) is 16.8. The molecule has 1 aliphatic rings. The van der Waals surface area contributed by atoms with E-state index < -0.39 is 0 Å². The highest BCUT2D eigenvalue weighted by molar-refractivity contribution is 14.2. The molecular formula is C16H21IN4O2S. The normalized spacial score (nSPS) is 15.4. The minimum absolute atomic E-state index is 0.453. The fourth-order valence-corrected chi connectivity index (χ4v) is 3.36. The van der Waals surface area contributed by atoms with Crippen molar-refractivity contribution in [2.75, 3.05) is 13.2 Å². The van der Waals surface area contributed by atoms with E-state index in [2.05, 4.69) is 36.6 Å². The van der Waals surface area contributed by atoms with Gasteiger partial charge in [0.15, 0.2) is 0 Å². The Kier molecular flexibility index (Phi) is 6.34. The molecule has 1 aliphatic carbocycles. The van der Waals surface area contributed by atoms with Gasteiger partial charge in [-0.1, -0.05) is 0 Å². The molecule has 0 saturated heterocycles. The summed E-state index contributed by atoms with van der Waals surface area (Å²) in [5.74, 6) is 1.53. The van der Waals surface area contributed by atoms with Crippen LogP contribution in [0.25, 0.3) is 11.4 Å². The first-order chi connectivity index (χ1) is 11.7. The minimum Gasteiger partial charge on any atom is -0.494 e. The van der Waals surface area contributed by atoms with Crippen molar-refractivity contribution in [3.63, 3.8) is 0 Å². The molecule has 0 radical (unpaired) electrons. The van der Waals surface area contributed by atoms with Crippen LogP contribution in [0.15, 0.2) is 24.3 Å². The van der Waals surface area contributed by atoms with Crippen LogP contribution < -0.4 is 4.74 Å². The Morgan fingerprint density at radius 1 is 1.21 bits per heavy atom. The van der Waals surface area contributed by atoms with Crippen molar-refractivity contribution in [2.24, 2.45) is 5.41 Å². The van der Waals surface area contributed by atoms with Crippen LogP contribution in [0.5, 0.6) is 5.75 Å². The summed E-state index contributed by atoms with van der Waals surface area (Å²) in [6.07, 6.45) is 4.81. The van der Waals surface area contributed by atoms with E-state index in [1.807, 2.05) is 31.2 Å². The fraction of sp³-hybridized carbons (Fsp3) is 0.562. The second kappa shape index (κ2) is 8.48. The van der Waals surface area contributed by atoms with Gasteiger partial charge in [0.25, 0.3) is 0 Å². The second-order valence-electron chi connectivity index (χ2n) is 6.06. The maximum Gasteiger partial charge on any atom is 0.204 e. The lowest BCUT2D eigenvalue weighted by Gasteiger charge is -2.15. The van der Waals surface area contributed by atoms with Crippen LogP contribution in [0.3, 0.4) is 0 Å². The summed E-state index contributed by atoms with van der Waals surface area (Å²) >= 11 is 2.16. The van der Waals surface area contributed by atoms with E-state index >= 15 is 0 Å². The van der Waals surface area contributed by atoms with Gasteiger partial charge in [0, 0.05) is 26.8 Å². The van der Waals surface area contributed by atoms with Crippen molar-refractivity contribution in [1.29, 1.82) is 0 Å². The smallest absolute Gasteiger partial charge is 0.204 e. The van der Waals surface area contributed by atoms with Crippen molar-refractivity contribution in [3.8, 4) is 17.1 Å². The van der Waals surface area contributed by atoms with Crippen LogP contribution >= 0.6 is 30.4 Å². The third-order valence-electron chi connectivity index (χ3n) is 4.47. The van der Waals surface area contributed by atoms with Crippen molar-refractivity contribution < 1.29 is 8.92 Å². The average molecular weight is 460 g/mol. The van der Waals surface area contributed by atoms with E-state index in [0.29, 0.717) is 11.2 Å². The van der Waals surface area contributed by atoms with Gasteiger partial charge in [0.05, 0.1) is 29.0 Å². The van der Waals surface area contributed by atoms with E-state index in [-0.39, 0.29) is 0 Å². The van der Waals surface area contributed by atoms with Crippen molar-refractivity contribution in [3.05, 3.63) is 24.3 Å². The number of halogens is 1. The number of rotatable bonds is 10. The zero-order valence-corrected chi connectivity index (χ0v) is 16.6. The summed E-state index contributed by atoms with van der Waals surface area (Å²) in [6.45, 7) is 4.29. The molecule has 1 aromatic carbocycles. The number of aryl methyl sites for hydroxylation is 1. The monoisotopic (exact) mass is 460 g/mol. The molecule has 1 aromatic heterocycles. The average Bonchev–Trinajstić information content (AvgIpc) is 3.20. The van der Waals surface area contributed by atoms with Crippen LogP contribution in [-0.4, -0.2) is 33.4 Å². The van der Waals surface area contributed by atoms with E-state index in [1.54, 1.807) is 4.80 Å². The van der Waals surface area contributed by atoms with Crippen molar-refractivity contribution >= 4 is 30.4 Å². The first kappa shape index (κ1) is 17.9. The molecule has 0 atom stereocenters. The molecule has 0 spiro atoms. The summed E-state index contributed by atoms with van der Waals surface area (Å²) in [5, 5.41) is 12.3. The molecule has 0 bridgehead atoms. The van der Waals surface area contributed by atoms with Gasteiger partial charge in [0.2, 0.25) is 5.82 Å². The lowest BCUT2D eigenvalue weighted by Crippen LogP contribution is -2.10. The van der Waals surface area contributed by atoms with Crippen LogP contribution in [-0.2, 0) is 10.7 Å². The minimum atomic E-state index is 0.453. The van der Waals surface area contributed by atoms with Crippen LogP contribution in [0, 0.1) is 5.41 Å². The van der Waals surface area contributed by atoms with E-state index in [4.69, 9.17) is 8.92 Å². The summed E-state index contributed by atoms with van der Waals surface area (Å²) in [7, 11) is 1.42. The Bertz CT molecular complexity index is 646. The molecule has 2 aromatic rings. The van der Waals surface area contributed by atoms with E-state index in [0.717, 1.165) is 43.9 Å². The summed E-state index contributed by atoms with van der Waals surface area (Å²) in [4.78, 5) is 1.58. The number of benzene rings is 1. The topological polar surface area (TPSA) is 62.1 Å². The van der Waals surface area contributed by atoms with Crippen molar-refractivity contribution in [1.82, 2.24) is 20.2 Å². The molecule has 0 amide bonds. The lowest BCUT2D eigenvalue weighted by atomic mass is 9.99. The molecule has 1 saturated carbocycles. The molecular weight excluding hydrogens is 439 g/mol. The molecule has 6 nitrogen and oxygen atoms in total. The molecule has 8 heteroatoms. The largest absolute Gasteiger partial charge is 0.494 e. The van der Waals surface area contributed by atoms with Gasteiger partial charge in [0.1, 0.15) is 5.75 Å². The van der Waals surface area contributed by atoms with Gasteiger partial charge < -0.3 is 8.92 Å². The molecule has 1 heterocycles. The number of tetrazole rings is 1. The molecule has 1 fully saturated rings. The summed E-state index contributed by atoms with van der Waals surface area (Å²) < 4.78 is 11.3. The van der Waals surface area contributed by atoms with Gasteiger partial charge in [-0.2, -0.15) is 4.80 Å². The Morgan fingerprint density at radius 2 is 1.96 bits per heavy atom. The fourth-order valence-electron chi connectivity index (χ4n) is 2.67.